The van der Waals surface area contributed by atoms with E-state index in [1.165, 1.54) is 12.3 Å². The van der Waals surface area contributed by atoms with Crippen molar-refractivity contribution < 1.29 is 4.39 Å². The highest BCUT2D eigenvalue weighted by molar-refractivity contribution is 5.14. The summed E-state index contributed by atoms with van der Waals surface area (Å²) in [5.41, 5.74) is 11.4. The normalized spacial score (nSPS) is 13.0. The van der Waals surface area contributed by atoms with Crippen molar-refractivity contribution in [3.8, 4) is 0 Å². The van der Waals surface area contributed by atoms with Crippen molar-refractivity contribution >= 4 is 0 Å². The standard InChI is InChI=1S/C7H10FN3/c8-6-1-5(3-11-4-6)7(10)2-9/h1,3-4,7H,2,9-10H2/t7-/m1/s1. The van der Waals surface area contributed by atoms with Gasteiger partial charge in [0.25, 0.3) is 0 Å². The maximum absolute atomic E-state index is 12.5. The first-order valence-electron chi connectivity index (χ1n) is 3.30. The molecule has 60 valence electrons. The number of nitrogens with zero attached hydrogens (tertiary/aromatic N) is 1. The van der Waals surface area contributed by atoms with E-state index in [9.17, 15) is 4.39 Å². The highest BCUT2D eigenvalue weighted by Gasteiger charge is 2.03. The van der Waals surface area contributed by atoms with E-state index in [4.69, 9.17) is 11.5 Å². The second-order valence-electron chi connectivity index (χ2n) is 2.28. The van der Waals surface area contributed by atoms with Gasteiger partial charge in [-0.2, -0.15) is 0 Å². The molecule has 11 heavy (non-hydrogen) atoms. The van der Waals surface area contributed by atoms with Crippen molar-refractivity contribution in [1.29, 1.82) is 0 Å². The molecule has 0 unspecified atom stereocenters. The molecule has 1 rings (SSSR count). The zero-order chi connectivity index (χ0) is 8.27. The summed E-state index contributed by atoms with van der Waals surface area (Å²) in [4.78, 5) is 3.64. The fourth-order valence-corrected chi connectivity index (χ4v) is 0.767. The third kappa shape index (κ3) is 1.96. The minimum absolute atomic E-state index is 0.297. The lowest BCUT2D eigenvalue weighted by atomic mass is 10.1. The Bertz CT molecular complexity index is 239. The average molecular weight is 155 g/mol. The number of halogens is 1. The van der Waals surface area contributed by atoms with Gasteiger partial charge < -0.3 is 11.5 Å². The largest absolute Gasteiger partial charge is 0.329 e. The van der Waals surface area contributed by atoms with Gasteiger partial charge in [0.1, 0.15) is 5.82 Å². The maximum Gasteiger partial charge on any atom is 0.141 e. The van der Waals surface area contributed by atoms with E-state index in [2.05, 4.69) is 4.98 Å². The number of nitrogens with two attached hydrogens (primary N) is 2. The summed E-state index contributed by atoms with van der Waals surface area (Å²) in [6, 6.07) is 1.02. The fourth-order valence-electron chi connectivity index (χ4n) is 0.767. The van der Waals surface area contributed by atoms with Gasteiger partial charge in [-0.1, -0.05) is 0 Å². The van der Waals surface area contributed by atoms with Crippen LogP contribution >= 0.6 is 0 Å². The maximum atomic E-state index is 12.5. The molecule has 0 bridgehead atoms. The van der Waals surface area contributed by atoms with Crippen LogP contribution in [0.5, 0.6) is 0 Å². The van der Waals surface area contributed by atoms with Crippen molar-refractivity contribution in [2.45, 2.75) is 6.04 Å². The van der Waals surface area contributed by atoms with E-state index in [1.807, 2.05) is 0 Å². The Hall–Kier alpha value is -1.00. The lowest BCUT2D eigenvalue weighted by Crippen LogP contribution is -2.20. The first-order valence-corrected chi connectivity index (χ1v) is 3.30. The fraction of sp³-hybridized carbons (Fsp3) is 0.286. The molecule has 0 amide bonds. The SMILES string of the molecule is NC[C@@H](N)c1cncc(F)c1. The van der Waals surface area contributed by atoms with E-state index < -0.39 is 0 Å². The molecule has 0 aromatic carbocycles. The number of rotatable bonds is 2. The highest BCUT2D eigenvalue weighted by Crippen LogP contribution is 2.07. The minimum Gasteiger partial charge on any atom is -0.329 e. The molecular weight excluding hydrogens is 145 g/mol. The smallest absolute Gasteiger partial charge is 0.141 e. The van der Waals surface area contributed by atoms with Gasteiger partial charge >= 0.3 is 0 Å². The van der Waals surface area contributed by atoms with Gasteiger partial charge in [0.2, 0.25) is 0 Å². The van der Waals surface area contributed by atoms with Gasteiger partial charge in [0.15, 0.2) is 0 Å². The number of hydrogen-bond donors (Lipinski definition) is 2. The molecule has 4 heteroatoms. The van der Waals surface area contributed by atoms with Crippen LogP contribution in [0.3, 0.4) is 0 Å². The Morgan fingerprint density at radius 1 is 1.55 bits per heavy atom. The van der Waals surface area contributed by atoms with Gasteiger partial charge in [-0.05, 0) is 11.6 Å². The predicted octanol–water partition coefficient (Wildman–Crippen LogP) is 0.179. The lowest BCUT2D eigenvalue weighted by Gasteiger charge is -2.06. The topological polar surface area (TPSA) is 64.9 Å². The summed E-state index contributed by atoms with van der Waals surface area (Å²) < 4.78 is 12.5. The van der Waals surface area contributed by atoms with Crippen LogP contribution in [0, 0.1) is 5.82 Å². The Morgan fingerprint density at radius 2 is 2.27 bits per heavy atom. The number of aromatic nitrogens is 1. The van der Waals surface area contributed by atoms with Crippen molar-refractivity contribution in [2.75, 3.05) is 6.54 Å². The van der Waals surface area contributed by atoms with Crippen molar-refractivity contribution in [3.05, 3.63) is 29.8 Å². The second kappa shape index (κ2) is 3.41. The third-order valence-electron chi connectivity index (χ3n) is 1.41. The quantitative estimate of drug-likeness (QED) is 0.640. The molecule has 4 N–H and O–H groups in total. The highest BCUT2D eigenvalue weighted by atomic mass is 19.1. The Morgan fingerprint density at radius 3 is 2.82 bits per heavy atom. The lowest BCUT2D eigenvalue weighted by molar-refractivity contribution is 0.612. The summed E-state index contributed by atoms with van der Waals surface area (Å²) in [6.07, 6.45) is 2.65. The Labute approximate surface area is 64.2 Å². The van der Waals surface area contributed by atoms with E-state index in [0.717, 1.165) is 6.20 Å². The summed E-state index contributed by atoms with van der Waals surface area (Å²) >= 11 is 0. The number of pyridine rings is 1. The summed E-state index contributed by atoms with van der Waals surface area (Å²) in [5, 5.41) is 0. The van der Waals surface area contributed by atoms with Crippen LogP contribution in [0.4, 0.5) is 4.39 Å². The van der Waals surface area contributed by atoms with Crippen molar-refractivity contribution in [2.24, 2.45) is 11.5 Å². The molecule has 0 aliphatic carbocycles. The van der Waals surface area contributed by atoms with Crippen molar-refractivity contribution in [3.63, 3.8) is 0 Å². The summed E-state index contributed by atoms with van der Waals surface area (Å²) in [7, 11) is 0. The van der Waals surface area contributed by atoms with Gasteiger partial charge in [0, 0.05) is 18.8 Å². The van der Waals surface area contributed by atoms with Gasteiger partial charge in [-0.15, -0.1) is 0 Å². The zero-order valence-corrected chi connectivity index (χ0v) is 6.00. The van der Waals surface area contributed by atoms with E-state index in [0.29, 0.717) is 12.1 Å². The molecule has 3 nitrogen and oxygen atoms in total. The molecule has 0 aliphatic heterocycles. The molecule has 1 aromatic rings. The summed E-state index contributed by atoms with van der Waals surface area (Å²) in [6.45, 7) is 0.297. The van der Waals surface area contributed by atoms with E-state index in [1.54, 1.807) is 0 Å². The average Bonchev–Trinajstić information content (AvgIpc) is 2.03. The van der Waals surface area contributed by atoms with E-state index >= 15 is 0 Å². The van der Waals surface area contributed by atoms with Crippen LogP contribution in [0.2, 0.25) is 0 Å². The first-order chi connectivity index (χ1) is 5.24. The monoisotopic (exact) mass is 155 g/mol. The van der Waals surface area contributed by atoms with Crippen LogP contribution in [0.1, 0.15) is 11.6 Å². The first kappa shape index (κ1) is 8.10. The molecule has 1 heterocycles. The van der Waals surface area contributed by atoms with Crippen LogP contribution in [-0.2, 0) is 0 Å². The number of hydrogen-bond acceptors (Lipinski definition) is 3. The second-order valence-corrected chi connectivity index (χ2v) is 2.28. The molecule has 0 spiro atoms. The van der Waals surface area contributed by atoms with Crippen LogP contribution in [0.25, 0.3) is 0 Å². The van der Waals surface area contributed by atoms with E-state index in [-0.39, 0.29) is 11.9 Å². The zero-order valence-electron chi connectivity index (χ0n) is 6.00. The molecular formula is C7H10FN3. The Kier molecular flexibility index (Phi) is 2.51. The van der Waals surface area contributed by atoms with Gasteiger partial charge in [-0.25, -0.2) is 4.39 Å². The third-order valence-corrected chi connectivity index (χ3v) is 1.41. The molecule has 0 radical (unpaired) electrons. The molecule has 0 saturated heterocycles. The molecule has 0 aliphatic rings. The van der Waals surface area contributed by atoms with Gasteiger partial charge in [-0.3, -0.25) is 4.98 Å². The molecule has 0 saturated carbocycles. The minimum atomic E-state index is -0.383. The molecule has 1 aromatic heterocycles. The van der Waals surface area contributed by atoms with Crippen LogP contribution in [0.15, 0.2) is 18.5 Å². The van der Waals surface area contributed by atoms with Crippen LogP contribution in [-0.4, -0.2) is 11.5 Å². The molecule has 1 atom stereocenters. The Balaban J connectivity index is 2.86. The van der Waals surface area contributed by atoms with Crippen LogP contribution < -0.4 is 11.5 Å². The summed E-state index contributed by atoms with van der Waals surface area (Å²) in [5.74, 6) is -0.383. The van der Waals surface area contributed by atoms with Gasteiger partial charge in [0.05, 0.1) is 6.20 Å². The molecule has 0 fully saturated rings. The van der Waals surface area contributed by atoms with Crippen molar-refractivity contribution in [1.82, 2.24) is 4.98 Å². The predicted molar refractivity (Wildman–Crippen MR) is 40.2 cm³/mol.